The van der Waals surface area contributed by atoms with Crippen molar-refractivity contribution >= 4 is 39.8 Å². The number of benzene rings is 1. The molecule has 0 aliphatic heterocycles. The molecule has 1 aromatic heterocycles. The number of carbonyl (C=O) groups is 1. The molecule has 18 heavy (non-hydrogen) atoms. The maximum atomic E-state index is 12.1. The average molecular weight is 372 g/mol. The van der Waals surface area contributed by atoms with Crippen molar-refractivity contribution in [3.63, 3.8) is 0 Å². The maximum Gasteiger partial charge on any atom is 0.251 e. The van der Waals surface area contributed by atoms with Crippen LogP contribution in [0.15, 0.2) is 29.8 Å². The number of thiazole rings is 1. The summed E-state index contributed by atoms with van der Waals surface area (Å²) in [6, 6.07) is 5.66. The molecule has 1 aromatic carbocycles. The Morgan fingerprint density at radius 3 is 2.89 bits per heavy atom. The van der Waals surface area contributed by atoms with Crippen molar-refractivity contribution in [1.82, 2.24) is 10.3 Å². The summed E-state index contributed by atoms with van der Waals surface area (Å²) in [5.74, 6) is -0.0596. The van der Waals surface area contributed by atoms with Crippen LogP contribution in [0.4, 0.5) is 0 Å². The van der Waals surface area contributed by atoms with E-state index in [0.29, 0.717) is 5.56 Å². The van der Waals surface area contributed by atoms with Crippen molar-refractivity contribution in [1.29, 1.82) is 0 Å². The van der Waals surface area contributed by atoms with Gasteiger partial charge < -0.3 is 5.32 Å². The standard InChI is InChI=1S/C13H13IN2OS/c1-8-3-4-10(7-11(8)14)12(17)16-9(2)13-15-5-6-18-13/h3-7,9H,1-2H3,(H,16,17). The number of carbonyl (C=O) groups excluding carboxylic acids is 1. The minimum absolute atomic E-state index is 0.0588. The molecule has 0 fully saturated rings. The minimum Gasteiger partial charge on any atom is -0.343 e. The number of halogens is 1. The fourth-order valence-electron chi connectivity index (χ4n) is 1.52. The quantitative estimate of drug-likeness (QED) is 0.838. The number of hydrogen-bond acceptors (Lipinski definition) is 3. The van der Waals surface area contributed by atoms with Crippen molar-refractivity contribution < 1.29 is 4.79 Å². The van der Waals surface area contributed by atoms with Gasteiger partial charge in [-0.05, 0) is 54.1 Å². The number of nitrogens with zero attached hydrogens (tertiary/aromatic N) is 1. The number of amides is 1. The molecule has 0 bridgehead atoms. The molecule has 1 unspecified atom stereocenters. The van der Waals surface area contributed by atoms with E-state index in [1.54, 1.807) is 17.5 Å². The molecule has 0 saturated heterocycles. The largest absolute Gasteiger partial charge is 0.343 e. The van der Waals surface area contributed by atoms with Crippen molar-refractivity contribution in [2.45, 2.75) is 19.9 Å². The lowest BCUT2D eigenvalue weighted by molar-refractivity contribution is 0.0940. The molecule has 2 rings (SSSR count). The second-order valence-electron chi connectivity index (χ2n) is 4.03. The molecule has 0 saturated carbocycles. The van der Waals surface area contributed by atoms with Gasteiger partial charge >= 0.3 is 0 Å². The normalized spacial score (nSPS) is 12.2. The van der Waals surface area contributed by atoms with Gasteiger partial charge in [0.25, 0.3) is 5.91 Å². The lowest BCUT2D eigenvalue weighted by Gasteiger charge is -2.11. The Balaban J connectivity index is 2.10. The highest BCUT2D eigenvalue weighted by atomic mass is 127. The first-order valence-corrected chi connectivity index (χ1v) is 7.50. The summed E-state index contributed by atoms with van der Waals surface area (Å²) < 4.78 is 1.10. The van der Waals surface area contributed by atoms with E-state index in [0.717, 1.165) is 8.58 Å². The molecule has 0 spiro atoms. The third-order valence-corrected chi connectivity index (χ3v) is 4.72. The first-order chi connectivity index (χ1) is 8.58. The molecule has 1 heterocycles. The van der Waals surface area contributed by atoms with Crippen LogP contribution in [0.2, 0.25) is 0 Å². The van der Waals surface area contributed by atoms with Crippen LogP contribution in [-0.2, 0) is 0 Å². The predicted octanol–water partition coefficient (Wildman–Crippen LogP) is 3.55. The first-order valence-electron chi connectivity index (χ1n) is 5.54. The third-order valence-electron chi connectivity index (χ3n) is 2.60. The molecule has 94 valence electrons. The molecular formula is C13H13IN2OS. The Labute approximate surface area is 124 Å². The predicted molar refractivity (Wildman–Crippen MR) is 81.9 cm³/mol. The number of nitrogens with one attached hydrogen (secondary N) is 1. The van der Waals surface area contributed by atoms with Crippen LogP contribution in [0.25, 0.3) is 0 Å². The van der Waals surface area contributed by atoms with Crippen LogP contribution >= 0.6 is 33.9 Å². The van der Waals surface area contributed by atoms with Crippen LogP contribution in [0.1, 0.15) is 33.9 Å². The molecule has 0 aliphatic carbocycles. The summed E-state index contributed by atoms with van der Waals surface area (Å²) in [6.45, 7) is 3.97. The van der Waals surface area contributed by atoms with E-state index in [1.165, 1.54) is 5.56 Å². The van der Waals surface area contributed by atoms with Gasteiger partial charge in [-0.25, -0.2) is 4.98 Å². The summed E-state index contributed by atoms with van der Waals surface area (Å²) >= 11 is 3.78. The highest BCUT2D eigenvalue weighted by Gasteiger charge is 2.13. The Kier molecular flexibility index (Phi) is 4.34. The van der Waals surface area contributed by atoms with Crippen LogP contribution in [-0.4, -0.2) is 10.9 Å². The SMILES string of the molecule is Cc1ccc(C(=O)NC(C)c2nccs2)cc1I. The molecular weight excluding hydrogens is 359 g/mol. The zero-order valence-electron chi connectivity index (χ0n) is 10.1. The summed E-state index contributed by atoms with van der Waals surface area (Å²) in [5.41, 5.74) is 1.87. The van der Waals surface area contributed by atoms with Gasteiger partial charge in [0.1, 0.15) is 5.01 Å². The summed E-state index contributed by atoms with van der Waals surface area (Å²) in [7, 11) is 0. The van der Waals surface area contributed by atoms with E-state index in [-0.39, 0.29) is 11.9 Å². The lowest BCUT2D eigenvalue weighted by Crippen LogP contribution is -2.26. The van der Waals surface area contributed by atoms with Gasteiger partial charge in [0.15, 0.2) is 0 Å². The monoisotopic (exact) mass is 372 g/mol. The van der Waals surface area contributed by atoms with Crippen molar-refractivity contribution in [2.75, 3.05) is 0 Å². The molecule has 0 aliphatic rings. The number of rotatable bonds is 3. The number of aromatic nitrogens is 1. The highest BCUT2D eigenvalue weighted by Crippen LogP contribution is 2.17. The van der Waals surface area contributed by atoms with Crippen molar-refractivity contribution in [2.24, 2.45) is 0 Å². The zero-order valence-corrected chi connectivity index (χ0v) is 13.1. The minimum atomic E-state index is -0.0596. The van der Waals surface area contributed by atoms with Crippen molar-refractivity contribution in [3.05, 3.63) is 49.5 Å². The van der Waals surface area contributed by atoms with Gasteiger partial charge in [-0.15, -0.1) is 11.3 Å². The van der Waals surface area contributed by atoms with Gasteiger partial charge in [-0.3, -0.25) is 4.79 Å². The zero-order chi connectivity index (χ0) is 13.1. The Hall–Kier alpha value is -0.950. The van der Waals surface area contributed by atoms with E-state index in [2.05, 4.69) is 32.9 Å². The fourth-order valence-corrected chi connectivity index (χ4v) is 2.69. The Bertz CT molecular complexity index is 554. The third kappa shape index (κ3) is 3.08. The van der Waals surface area contributed by atoms with Gasteiger partial charge in [-0.1, -0.05) is 6.07 Å². The molecule has 1 amide bonds. The lowest BCUT2D eigenvalue weighted by atomic mass is 10.1. The number of aryl methyl sites for hydroxylation is 1. The van der Waals surface area contributed by atoms with Crippen LogP contribution in [0.5, 0.6) is 0 Å². The Morgan fingerprint density at radius 1 is 1.50 bits per heavy atom. The fraction of sp³-hybridized carbons (Fsp3) is 0.231. The smallest absolute Gasteiger partial charge is 0.251 e. The average Bonchev–Trinajstić information content (AvgIpc) is 2.86. The van der Waals surface area contributed by atoms with E-state index >= 15 is 0 Å². The Morgan fingerprint density at radius 2 is 2.28 bits per heavy atom. The maximum absolute atomic E-state index is 12.1. The van der Waals surface area contributed by atoms with E-state index in [9.17, 15) is 4.79 Å². The first kappa shape index (κ1) is 13.5. The number of hydrogen-bond donors (Lipinski definition) is 1. The second kappa shape index (κ2) is 5.79. The van der Waals surface area contributed by atoms with Gasteiger partial charge in [0, 0.05) is 20.7 Å². The van der Waals surface area contributed by atoms with Crippen LogP contribution in [0, 0.1) is 10.5 Å². The highest BCUT2D eigenvalue weighted by molar-refractivity contribution is 14.1. The van der Waals surface area contributed by atoms with E-state index < -0.39 is 0 Å². The van der Waals surface area contributed by atoms with Gasteiger partial charge in [0.05, 0.1) is 6.04 Å². The van der Waals surface area contributed by atoms with E-state index in [4.69, 9.17) is 0 Å². The van der Waals surface area contributed by atoms with Crippen molar-refractivity contribution in [3.8, 4) is 0 Å². The van der Waals surface area contributed by atoms with Gasteiger partial charge in [0.2, 0.25) is 0 Å². The summed E-state index contributed by atoms with van der Waals surface area (Å²) in [6.07, 6.45) is 1.75. The molecule has 3 nitrogen and oxygen atoms in total. The van der Waals surface area contributed by atoms with E-state index in [1.807, 2.05) is 37.4 Å². The molecule has 2 aromatic rings. The second-order valence-corrected chi connectivity index (χ2v) is 6.12. The molecule has 1 N–H and O–H groups in total. The topological polar surface area (TPSA) is 42.0 Å². The molecule has 5 heteroatoms. The van der Waals surface area contributed by atoms with Gasteiger partial charge in [-0.2, -0.15) is 0 Å². The molecule has 1 atom stereocenters. The van der Waals surface area contributed by atoms with Crippen LogP contribution in [0.3, 0.4) is 0 Å². The summed E-state index contributed by atoms with van der Waals surface area (Å²) in [5, 5.41) is 5.78. The summed E-state index contributed by atoms with van der Waals surface area (Å²) in [4.78, 5) is 16.3. The van der Waals surface area contributed by atoms with Crippen LogP contribution < -0.4 is 5.32 Å². The molecule has 0 radical (unpaired) electrons.